The van der Waals surface area contributed by atoms with E-state index in [0.717, 1.165) is 64.4 Å². The van der Waals surface area contributed by atoms with Gasteiger partial charge in [-0.05, 0) is 66.3 Å². The van der Waals surface area contributed by atoms with E-state index >= 15 is 0 Å². The van der Waals surface area contributed by atoms with Crippen LogP contribution < -0.4 is 15.5 Å². The molecule has 7 heteroatoms. The van der Waals surface area contributed by atoms with E-state index in [2.05, 4.69) is 28.1 Å². The molecule has 1 N–H and O–H groups in total. The summed E-state index contributed by atoms with van der Waals surface area (Å²) in [4.78, 5) is 29.9. The van der Waals surface area contributed by atoms with Crippen molar-refractivity contribution in [2.75, 3.05) is 5.32 Å². The second-order valence-electron chi connectivity index (χ2n) is 11.2. The highest BCUT2D eigenvalue weighted by Crippen LogP contribution is 2.24. The molecule has 0 atom stereocenters. The van der Waals surface area contributed by atoms with Gasteiger partial charge in [0.1, 0.15) is 6.61 Å². The number of nitrogens with zero attached hydrogens (tertiary/aromatic N) is 2. The fraction of sp³-hybridized carbons (Fsp3) is 0.184. The van der Waals surface area contributed by atoms with E-state index in [1.807, 2.05) is 98.0 Å². The number of aromatic nitrogens is 2. The summed E-state index contributed by atoms with van der Waals surface area (Å²) >= 11 is 1.72. The van der Waals surface area contributed by atoms with Crippen LogP contribution in [0, 0.1) is 6.92 Å². The number of ether oxygens (including phenoxy) is 1. The minimum Gasteiger partial charge on any atom is -0.483 e. The Bertz CT molecular complexity index is 1910. The number of hydrogen-bond acceptors (Lipinski definition) is 5. The van der Waals surface area contributed by atoms with Crippen molar-refractivity contribution in [2.24, 2.45) is 0 Å². The molecule has 2 aromatic heterocycles. The highest BCUT2D eigenvalue weighted by Gasteiger charge is 2.10. The first-order valence-corrected chi connectivity index (χ1v) is 16.0. The monoisotopic (exact) mass is 613 g/mol. The lowest BCUT2D eigenvalue weighted by Gasteiger charge is -2.15. The molecule has 0 fully saturated rings. The smallest absolute Gasteiger partial charge is 0.228 e. The molecule has 0 saturated carbocycles. The number of para-hydroxylation sites is 1. The topological polar surface area (TPSA) is 73.2 Å². The van der Waals surface area contributed by atoms with Gasteiger partial charge in [-0.2, -0.15) is 0 Å². The summed E-state index contributed by atoms with van der Waals surface area (Å²) in [5.41, 5.74) is 6.93. The summed E-state index contributed by atoms with van der Waals surface area (Å²) in [6.45, 7) is 3.07. The Morgan fingerprint density at radius 1 is 0.822 bits per heavy atom. The van der Waals surface area contributed by atoms with Crippen molar-refractivity contribution in [2.45, 2.75) is 45.8 Å². The van der Waals surface area contributed by atoms with E-state index < -0.39 is 0 Å². The highest BCUT2D eigenvalue weighted by molar-refractivity contribution is 7.18. The number of pyridine rings is 1. The van der Waals surface area contributed by atoms with Crippen LogP contribution in [-0.4, -0.2) is 15.5 Å². The highest BCUT2D eigenvalue weighted by atomic mass is 32.1. The lowest BCUT2D eigenvalue weighted by molar-refractivity contribution is -0.115. The van der Waals surface area contributed by atoms with Crippen molar-refractivity contribution in [3.63, 3.8) is 0 Å². The molecule has 0 bridgehead atoms. The zero-order valence-electron chi connectivity index (χ0n) is 25.2. The summed E-state index contributed by atoms with van der Waals surface area (Å²) in [5.74, 6) is 0.366. The first-order chi connectivity index (χ1) is 22.0. The fourth-order valence-electron chi connectivity index (χ4n) is 5.35. The third-order valence-corrected chi connectivity index (χ3v) is 8.83. The van der Waals surface area contributed by atoms with Crippen molar-refractivity contribution in [1.82, 2.24) is 9.55 Å². The van der Waals surface area contributed by atoms with Crippen LogP contribution in [0.2, 0.25) is 0 Å². The number of aryl methyl sites for hydroxylation is 2. The molecule has 0 spiro atoms. The molecular formula is C38H35N3O3S. The summed E-state index contributed by atoms with van der Waals surface area (Å²) in [5, 5.41) is 4.10. The first kappa shape index (κ1) is 30.0. The molecule has 0 aliphatic carbocycles. The van der Waals surface area contributed by atoms with Crippen molar-refractivity contribution in [3.8, 4) is 5.75 Å². The molecule has 0 saturated heterocycles. The second kappa shape index (κ2) is 14.2. The zero-order chi connectivity index (χ0) is 31.0. The van der Waals surface area contributed by atoms with E-state index in [0.29, 0.717) is 18.8 Å². The van der Waals surface area contributed by atoms with Crippen molar-refractivity contribution in [3.05, 3.63) is 159 Å². The maximum Gasteiger partial charge on any atom is 0.228 e. The largest absolute Gasteiger partial charge is 0.483 e. The van der Waals surface area contributed by atoms with E-state index in [1.165, 1.54) is 10.3 Å². The predicted octanol–water partition coefficient (Wildman–Crippen LogP) is 7.75. The van der Waals surface area contributed by atoms with Gasteiger partial charge in [0.2, 0.25) is 11.3 Å². The molecule has 0 aliphatic heterocycles. The Kier molecular flexibility index (Phi) is 9.47. The molecule has 226 valence electrons. The number of anilines is 1. The van der Waals surface area contributed by atoms with Gasteiger partial charge in [0, 0.05) is 30.9 Å². The van der Waals surface area contributed by atoms with Gasteiger partial charge in [0.25, 0.3) is 0 Å². The van der Waals surface area contributed by atoms with Crippen molar-refractivity contribution in [1.29, 1.82) is 0 Å². The van der Waals surface area contributed by atoms with E-state index in [1.54, 1.807) is 17.4 Å². The molecule has 0 radical (unpaired) electrons. The van der Waals surface area contributed by atoms with Gasteiger partial charge in [-0.3, -0.25) is 9.59 Å². The minimum absolute atomic E-state index is 0.0411. The molecule has 1 amide bonds. The molecule has 2 heterocycles. The van der Waals surface area contributed by atoms with Crippen LogP contribution in [-0.2, 0) is 37.2 Å². The van der Waals surface area contributed by atoms with Crippen LogP contribution in [0.4, 0.5) is 5.69 Å². The van der Waals surface area contributed by atoms with E-state index in [9.17, 15) is 9.59 Å². The number of hydrogen-bond donors (Lipinski definition) is 1. The number of rotatable bonds is 12. The van der Waals surface area contributed by atoms with E-state index in [-0.39, 0.29) is 11.3 Å². The number of fused-ring (bicyclic) bond motifs is 1. The maximum atomic E-state index is 12.7. The SMILES string of the molecule is Cc1c(OCc2ccccc2)c(=O)ccn1CCCc1ccc(CC(=O)Nc2ccc(Cc3nc4ccccc4s3)cc2)cc1. The standard InChI is InChI=1S/C38H35N3O3S/c1-27-38(44-26-31-8-3-2-4-9-31)34(42)21-23-41(27)22-7-10-28-13-15-29(16-14-28)24-36(43)39-32-19-17-30(18-20-32)25-37-40-33-11-5-6-12-35(33)45-37/h2-6,8-9,11-21,23H,7,10,22,24-26H2,1H3,(H,39,43). The fourth-order valence-corrected chi connectivity index (χ4v) is 6.35. The third kappa shape index (κ3) is 7.94. The summed E-state index contributed by atoms with van der Waals surface area (Å²) in [6, 6.07) is 35.8. The van der Waals surface area contributed by atoms with Gasteiger partial charge in [0.15, 0.2) is 5.75 Å². The molecule has 0 unspecified atom stereocenters. The summed E-state index contributed by atoms with van der Waals surface area (Å²) in [7, 11) is 0. The van der Waals surface area contributed by atoms with Crippen LogP contribution in [0.25, 0.3) is 10.2 Å². The Labute approximate surface area is 267 Å². The predicted molar refractivity (Wildman–Crippen MR) is 182 cm³/mol. The van der Waals surface area contributed by atoms with Gasteiger partial charge in [-0.1, -0.05) is 78.9 Å². The normalized spacial score (nSPS) is 11.0. The van der Waals surface area contributed by atoms with Gasteiger partial charge in [-0.15, -0.1) is 11.3 Å². The Hall–Kier alpha value is -5.01. The molecule has 6 nitrogen and oxygen atoms in total. The first-order valence-electron chi connectivity index (χ1n) is 15.2. The molecular weight excluding hydrogens is 579 g/mol. The lowest BCUT2D eigenvalue weighted by atomic mass is 10.1. The number of benzene rings is 4. The summed E-state index contributed by atoms with van der Waals surface area (Å²) < 4.78 is 9.19. The van der Waals surface area contributed by atoms with Gasteiger partial charge < -0.3 is 14.6 Å². The molecule has 6 aromatic rings. The average molecular weight is 614 g/mol. The number of amides is 1. The number of nitrogens with one attached hydrogen (secondary N) is 1. The molecule has 0 aliphatic rings. The molecule has 6 rings (SSSR count). The Morgan fingerprint density at radius 2 is 1.53 bits per heavy atom. The average Bonchev–Trinajstić information content (AvgIpc) is 3.47. The summed E-state index contributed by atoms with van der Waals surface area (Å²) in [6.07, 6.45) is 4.73. The third-order valence-electron chi connectivity index (χ3n) is 7.80. The molecule has 4 aromatic carbocycles. The molecule has 45 heavy (non-hydrogen) atoms. The van der Waals surface area contributed by atoms with E-state index in [4.69, 9.17) is 9.72 Å². The second-order valence-corrected chi connectivity index (χ2v) is 12.3. The van der Waals surface area contributed by atoms with Gasteiger partial charge >= 0.3 is 0 Å². The lowest BCUT2D eigenvalue weighted by Crippen LogP contribution is -2.15. The number of thiazole rings is 1. The van der Waals surface area contributed by atoms with Gasteiger partial charge in [-0.25, -0.2) is 4.98 Å². The van der Waals surface area contributed by atoms with Crippen LogP contribution in [0.3, 0.4) is 0 Å². The minimum atomic E-state index is -0.100. The van der Waals surface area contributed by atoms with Crippen LogP contribution in [0.1, 0.15) is 39.4 Å². The number of carbonyl (C=O) groups is 1. The Morgan fingerprint density at radius 3 is 2.31 bits per heavy atom. The van der Waals surface area contributed by atoms with Crippen molar-refractivity contribution < 1.29 is 9.53 Å². The number of carbonyl (C=O) groups excluding carboxylic acids is 1. The Balaban J connectivity index is 0.963. The quantitative estimate of drug-likeness (QED) is 0.153. The maximum absolute atomic E-state index is 12.7. The van der Waals surface area contributed by atoms with Crippen LogP contribution >= 0.6 is 11.3 Å². The van der Waals surface area contributed by atoms with Crippen LogP contribution in [0.5, 0.6) is 5.75 Å². The van der Waals surface area contributed by atoms with Crippen molar-refractivity contribution >= 4 is 33.1 Å². The van der Waals surface area contributed by atoms with Crippen LogP contribution in [0.15, 0.2) is 120 Å². The van der Waals surface area contributed by atoms with Gasteiger partial charge in [0.05, 0.1) is 27.3 Å². The zero-order valence-corrected chi connectivity index (χ0v) is 26.1.